The van der Waals surface area contributed by atoms with E-state index in [0.717, 1.165) is 42.4 Å². The molecule has 2 bridgehead atoms. The second kappa shape index (κ2) is 9.85. The van der Waals surface area contributed by atoms with Crippen molar-refractivity contribution in [2.75, 3.05) is 20.2 Å². The fraction of sp³-hybridized carbons (Fsp3) is 0.519. The van der Waals surface area contributed by atoms with E-state index in [2.05, 4.69) is 21.8 Å². The molecule has 8 nitrogen and oxygen atoms in total. The zero-order valence-corrected chi connectivity index (χ0v) is 20.9. The summed E-state index contributed by atoms with van der Waals surface area (Å²) in [5.41, 5.74) is 0.927. The van der Waals surface area contributed by atoms with E-state index in [1.165, 1.54) is 0 Å². The van der Waals surface area contributed by atoms with Crippen LogP contribution in [0.3, 0.4) is 0 Å². The van der Waals surface area contributed by atoms with E-state index in [0.29, 0.717) is 17.6 Å². The minimum absolute atomic E-state index is 0.0367. The Kier molecular flexibility index (Phi) is 7.03. The number of piperidine rings is 3. The lowest BCUT2D eigenvalue weighted by Gasteiger charge is -2.51. The van der Waals surface area contributed by atoms with Crippen LogP contribution in [0.15, 0.2) is 43.1 Å². The zero-order chi connectivity index (χ0) is 25.3. The first-order valence-electron chi connectivity index (χ1n) is 12.1. The van der Waals surface area contributed by atoms with Crippen molar-refractivity contribution in [1.82, 2.24) is 15.2 Å². The molecule has 6 atom stereocenters. The Morgan fingerprint density at radius 1 is 1.31 bits per heavy atom. The monoisotopic (exact) mass is 481 g/mol. The van der Waals surface area contributed by atoms with Gasteiger partial charge in [0, 0.05) is 23.7 Å². The Labute approximate surface area is 206 Å². The maximum atomic E-state index is 13.1. The van der Waals surface area contributed by atoms with Gasteiger partial charge in [-0.3, -0.25) is 9.88 Å². The number of hydrogen-bond acceptors (Lipinski definition) is 6. The number of benzene rings is 1. The maximum Gasteiger partial charge on any atom is 0.408 e. The number of methoxy groups -OCH3 is 1. The van der Waals surface area contributed by atoms with E-state index in [4.69, 9.17) is 9.47 Å². The highest BCUT2D eigenvalue weighted by Gasteiger charge is 2.45. The number of nitrogens with zero attached hydrogens (tertiary/aromatic N) is 2. The number of aromatic nitrogens is 1. The van der Waals surface area contributed by atoms with Crippen molar-refractivity contribution in [2.24, 2.45) is 17.3 Å². The van der Waals surface area contributed by atoms with Crippen LogP contribution in [0.1, 0.15) is 45.3 Å². The Morgan fingerprint density at radius 2 is 2.09 bits per heavy atom. The lowest BCUT2D eigenvalue weighted by Crippen LogP contribution is -2.56. The molecule has 3 fully saturated rings. The normalized spacial score (nSPS) is 25.5. The number of hydrogen-bond donors (Lipinski definition) is 2. The third-order valence-electron chi connectivity index (χ3n) is 7.40. The van der Waals surface area contributed by atoms with E-state index in [9.17, 15) is 14.7 Å². The molecule has 1 aromatic carbocycles. The lowest BCUT2D eigenvalue weighted by molar-refractivity contribution is -0.142. The Morgan fingerprint density at radius 3 is 2.69 bits per heavy atom. The summed E-state index contributed by atoms with van der Waals surface area (Å²) in [5, 5.41) is 13.1. The smallest absolute Gasteiger partial charge is 0.408 e. The minimum atomic E-state index is -1.10. The second-order valence-electron chi connectivity index (χ2n) is 10.6. The Bertz CT molecular complexity index is 1110. The van der Waals surface area contributed by atoms with Gasteiger partial charge in [0.1, 0.15) is 17.9 Å². The van der Waals surface area contributed by atoms with Gasteiger partial charge in [-0.2, -0.15) is 0 Å². The number of carboxylic acid groups (broad SMARTS) is 1. The fourth-order valence-corrected chi connectivity index (χ4v) is 5.48. The highest BCUT2D eigenvalue weighted by Crippen LogP contribution is 2.43. The molecular formula is C27H35N3O5. The molecule has 8 heteroatoms. The predicted octanol–water partition coefficient (Wildman–Crippen LogP) is 4.41. The highest BCUT2D eigenvalue weighted by atomic mass is 16.6. The van der Waals surface area contributed by atoms with Crippen LogP contribution in [0.25, 0.3) is 10.9 Å². The number of carboxylic acids is 1. The van der Waals surface area contributed by atoms with Gasteiger partial charge in [0.2, 0.25) is 0 Å². The van der Waals surface area contributed by atoms with Crippen LogP contribution in [0.2, 0.25) is 0 Å². The van der Waals surface area contributed by atoms with Crippen molar-refractivity contribution < 1.29 is 24.2 Å². The first-order chi connectivity index (χ1) is 16.6. The second-order valence-corrected chi connectivity index (χ2v) is 10.6. The number of ether oxygens (including phenoxy) is 2. The summed E-state index contributed by atoms with van der Waals surface area (Å²) in [5.74, 6) is 0.479. The molecule has 3 aliphatic rings. The average molecular weight is 482 g/mol. The molecule has 4 heterocycles. The average Bonchev–Trinajstić information content (AvgIpc) is 2.84. The summed E-state index contributed by atoms with van der Waals surface area (Å²) in [7, 11) is 1.61. The summed E-state index contributed by atoms with van der Waals surface area (Å²) < 4.78 is 11.5. The number of nitrogens with one attached hydrogen (secondary N) is 1. The van der Waals surface area contributed by atoms with Gasteiger partial charge in [0.15, 0.2) is 0 Å². The molecule has 3 saturated heterocycles. The largest absolute Gasteiger partial charge is 0.497 e. The molecule has 1 amide bonds. The van der Waals surface area contributed by atoms with Gasteiger partial charge in [-0.15, -0.1) is 6.58 Å². The molecule has 2 N–H and O–H groups in total. The molecule has 1 aromatic heterocycles. The molecule has 2 aromatic rings. The molecule has 188 valence electrons. The molecule has 0 spiro atoms. The van der Waals surface area contributed by atoms with Gasteiger partial charge >= 0.3 is 12.1 Å². The summed E-state index contributed by atoms with van der Waals surface area (Å²) in [6.45, 7) is 11.1. The van der Waals surface area contributed by atoms with E-state index in [-0.39, 0.29) is 6.04 Å². The van der Waals surface area contributed by atoms with Gasteiger partial charge in [0.05, 0.1) is 18.7 Å². The molecule has 2 unspecified atom stereocenters. The number of carbonyl (C=O) groups is 2. The van der Waals surface area contributed by atoms with Gasteiger partial charge < -0.3 is 19.9 Å². The van der Waals surface area contributed by atoms with Crippen LogP contribution in [0.5, 0.6) is 5.75 Å². The molecule has 3 aliphatic heterocycles. The van der Waals surface area contributed by atoms with E-state index >= 15 is 0 Å². The van der Waals surface area contributed by atoms with Crippen molar-refractivity contribution in [3.63, 3.8) is 0 Å². The SMILES string of the molecule is C=C[C@@H]1CN2CC[C@H]1C[C@@H]2[C@@H](OC(=O)NC(C(=O)O)C(C)(C)C)c1ccnc2ccc(OC)cc12. The number of carbonyl (C=O) groups excluding carboxylic acids is 1. The number of amides is 1. The topological polar surface area (TPSA) is 101 Å². The molecule has 0 radical (unpaired) electrons. The van der Waals surface area contributed by atoms with Gasteiger partial charge in [-0.1, -0.05) is 26.8 Å². The molecule has 0 saturated carbocycles. The van der Waals surface area contributed by atoms with Crippen LogP contribution in [-0.2, 0) is 9.53 Å². The van der Waals surface area contributed by atoms with E-state index < -0.39 is 29.6 Å². The number of alkyl carbamates (subject to hydrolysis) is 1. The third kappa shape index (κ3) is 5.12. The van der Waals surface area contributed by atoms with Crippen LogP contribution in [0.4, 0.5) is 4.79 Å². The first-order valence-corrected chi connectivity index (χ1v) is 12.1. The number of fused-ring (bicyclic) bond motifs is 4. The van der Waals surface area contributed by atoms with Gasteiger partial charge in [-0.05, 0) is 60.9 Å². The molecule has 0 aliphatic carbocycles. The van der Waals surface area contributed by atoms with Crippen LogP contribution < -0.4 is 10.1 Å². The van der Waals surface area contributed by atoms with Crippen molar-refractivity contribution >= 4 is 23.0 Å². The van der Waals surface area contributed by atoms with E-state index in [1.807, 2.05) is 30.3 Å². The quantitative estimate of drug-likeness (QED) is 0.565. The van der Waals surface area contributed by atoms with E-state index in [1.54, 1.807) is 34.1 Å². The standard InChI is InChI=1S/C27H35N3O5/c1-6-16-15-30-12-10-17(16)13-22(30)23(35-26(33)29-24(25(31)32)27(2,3)4)19-9-11-28-21-8-7-18(34-5)14-20(19)21/h6-9,11,14,16-17,22-24H,1,10,12-13,15H2,2-5H3,(H,29,33)(H,31,32)/t16-,17+,22-,23+,24?/m1/s1. The summed E-state index contributed by atoms with van der Waals surface area (Å²) in [6.07, 6.45) is 4.36. The number of pyridine rings is 1. The maximum absolute atomic E-state index is 13.1. The van der Waals surface area contributed by atoms with Crippen LogP contribution in [-0.4, -0.2) is 59.3 Å². The fourth-order valence-electron chi connectivity index (χ4n) is 5.48. The van der Waals surface area contributed by atoms with Crippen molar-refractivity contribution in [3.05, 3.63) is 48.7 Å². The summed E-state index contributed by atoms with van der Waals surface area (Å²) in [4.78, 5) is 31.8. The molecule has 35 heavy (non-hydrogen) atoms. The van der Waals surface area contributed by atoms with Crippen LogP contribution >= 0.6 is 0 Å². The Balaban J connectivity index is 1.72. The zero-order valence-electron chi connectivity index (χ0n) is 20.9. The number of aliphatic carboxylic acids is 1. The Hall–Kier alpha value is -3.13. The minimum Gasteiger partial charge on any atom is -0.497 e. The molecular weight excluding hydrogens is 446 g/mol. The van der Waals surface area contributed by atoms with Crippen molar-refractivity contribution in [1.29, 1.82) is 0 Å². The first kappa shape index (κ1) is 25.0. The summed E-state index contributed by atoms with van der Waals surface area (Å²) in [6, 6.07) is 6.40. The third-order valence-corrected chi connectivity index (χ3v) is 7.40. The lowest BCUT2D eigenvalue weighted by atomic mass is 9.73. The highest BCUT2D eigenvalue weighted by molar-refractivity contribution is 5.85. The van der Waals surface area contributed by atoms with Gasteiger partial charge in [0.25, 0.3) is 0 Å². The number of rotatable bonds is 7. The predicted molar refractivity (Wildman–Crippen MR) is 133 cm³/mol. The molecule has 5 rings (SSSR count). The van der Waals surface area contributed by atoms with Gasteiger partial charge in [-0.25, -0.2) is 9.59 Å². The van der Waals surface area contributed by atoms with Crippen LogP contribution in [0, 0.1) is 17.3 Å². The van der Waals surface area contributed by atoms with Crippen molar-refractivity contribution in [3.8, 4) is 5.75 Å². The summed E-state index contributed by atoms with van der Waals surface area (Å²) >= 11 is 0. The van der Waals surface area contributed by atoms with Crippen molar-refractivity contribution in [2.45, 2.75) is 51.8 Å².